The number of nitrogens with zero attached hydrogens (tertiary/aromatic N) is 4. The molecule has 0 spiro atoms. The number of nitrogens with two attached hydrogens (primary N) is 1. The minimum absolute atomic E-state index is 0.175. The van der Waals surface area contributed by atoms with E-state index in [0.717, 1.165) is 12.1 Å². The summed E-state index contributed by atoms with van der Waals surface area (Å²) in [6, 6.07) is 18.5. The molecule has 5 aromatic carbocycles. The molecule has 220 valence electrons. The molecule has 0 bridgehead atoms. The maximum Gasteiger partial charge on any atom is 0.294 e. The van der Waals surface area contributed by atoms with Crippen LogP contribution in [0, 0.1) is 0 Å². The molecule has 0 heterocycles. The van der Waals surface area contributed by atoms with Gasteiger partial charge in [-0.3, -0.25) is 13.7 Å². The third-order valence-corrected chi connectivity index (χ3v) is 8.78. The minimum atomic E-state index is -4.59. The molecule has 0 aliphatic heterocycles. The first-order valence-electron chi connectivity index (χ1n) is 11.9. The molecular weight excluding hydrogens is 623 g/mol. The van der Waals surface area contributed by atoms with Gasteiger partial charge in [0, 0.05) is 27.2 Å². The number of anilines is 1. The van der Waals surface area contributed by atoms with Gasteiger partial charge in [-0.15, -0.1) is 15.3 Å². The summed E-state index contributed by atoms with van der Waals surface area (Å²) < 4.78 is 97.5. The van der Waals surface area contributed by atoms with Crippen LogP contribution in [0.2, 0.25) is 0 Å². The van der Waals surface area contributed by atoms with Gasteiger partial charge < -0.3 is 5.73 Å². The van der Waals surface area contributed by atoms with Crippen molar-refractivity contribution in [1.29, 1.82) is 0 Å². The first-order valence-corrected chi connectivity index (χ1v) is 16.2. The lowest BCUT2D eigenvalue weighted by atomic mass is 10.1. The molecule has 0 aliphatic rings. The van der Waals surface area contributed by atoms with Gasteiger partial charge >= 0.3 is 0 Å². The Labute approximate surface area is 244 Å². The first-order chi connectivity index (χ1) is 20.1. The van der Waals surface area contributed by atoms with Crippen LogP contribution >= 0.6 is 0 Å². The Balaban J connectivity index is 1.59. The molecule has 0 atom stereocenters. The third-order valence-electron chi connectivity index (χ3n) is 6.21. The molecule has 5 N–H and O–H groups in total. The molecule has 0 radical (unpaired) electrons. The Morgan fingerprint density at radius 3 is 1.35 bits per heavy atom. The molecule has 0 fully saturated rings. The molecule has 0 saturated heterocycles. The molecule has 5 rings (SSSR count). The van der Waals surface area contributed by atoms with Crippen LogP contribution in [0.15, 0.2) is 120 Å². The van der Waals surface area contributed by atoms with E-state index in [1.165, 1.54) is 66.7 Å². The second-order valence-corrected chi connectivity index (χ2v) is 13.3. The molecular formula is C26H19N5O9S3. The SMILES string of the molecule is Nc1ccc(/N=N/c2ccc(/N=N/c3ccc(S(=O)(=O)O)cc3)c3cc(S(=O)(=O)O)ccc23)c2ccc(S(=O)(=O)O)cc12. The summed E-state index contributed by atoms with van der Waals surface area (Å²) in [6.45, 7) is 0. The van der Waals surface area contributed by atoms with Crippen molar-refractivity contribution in [3.05, 3.63) is 84.9 Å². The van der Waals surface area contributed by atoms with Crippen molar-refractivity contribution >= 4 is 80.3 Å². The van der Waals surface area contributed by atoms with Gasteiger partial charge in [0.2, 0.25) is 0 Å². The Morgan fingerprint density at radius 2 is 0.837 bits per heavy atom. The van der Waals surface area contributed by atoms with E-state index in [1.807, 2.05) is 0 Å². The molecule has 0 unspecified atom stereocenters. The van der Waals surface area contributed by atoms with Gasteiger partial charge in [-0.25, -0.2) is 0 Å². The number of nitrogen functional groups attached to an aromatic ring is 1. The van der Waals surface area contributed by atoms with Crippen LogP contribution < -0.4 is 5.73 Å². The maximum atomic E-state index is 11.8. The Hall–Kier alpha value is -4.65. The summed E-state index contributed by atoms with van der Waals surface area (Å²) in [6.07, 6.45) is 0. The lowest BCUT2D eigenvalue weighted by Crippen LogP contribution is -1.98. The van der Waals surface area contributed by atoms with Crippen molar-refractivity contribution in [2.24, 2.45) is 20.5 Å². The highest BCUT2D eigenvalue weighted by atomic mass is 32.2. The topological polar surface area (TPSA) is 239 Å². The van der Waals surface area contributed by atoms with Crippen LogP contribution in [-0.4, -0.2) is 38.9 Å². The summed E-state index contributed by atoms with van der Waals surface area (Å²) in [5, 5.41) is 18.1. The van der Waals surface area contributed by atoms with Gasteiger partial charge in [0.1, 0.15) is 0 Å². The summed E-state index contributed by atoms with van der Waals surface area (Å²) in [5.41, 5.74) is 7.23. The average Bonchev–Trinajstić information content (AvgIpc) is 2.94. The van der Waals surface area contributed by atoms with E-state index in [-0.39, 0.29) is 37.9 Å². The molecule has 0 aliphatic carbocycles. The molecule has 0 aromatic heterocycles. The second-order valence-electron chi connectivity index (χ2n) is 9.01. The molecule has 14 nitrogen and oxygen atoms in total. The van der Waals surface area contributed by atoms with Gasteiger partial charge in [0.15, 0.2) is 0 Å². The van der Waals surface area contributed by atoms with Crippen LogP contribution in [0.3, 0.4) is 0 Å². The molecule has 43 heavy (non-hydrogen) atoms. The third kappa shape index (κ3) is 6.41. The summed E-state index contributed by atoms with van der Waals surface area (Å²) >= 11 is 0. The number of azo groups is 2. The summed E-state index contributed by atoms with van der Waals surface area (Å²) in [5.74, 6) is 0. The number of benzene rings is 5. The highest BCUT2D eigenvalue weighted by molar-refractivity contribution is 7.86. The normalized spacial score (nSPS) is 13.0. The highest BCUT2D eigenvalue weighted by Gasteiger charge is 2.15. The van der Waals surface area contributed by atoms with Gasteiger partial charge in [0.25, 0.3) is 30.4 Å². The van der Waals surface area contributed by atoms with Gasteiger partial charge in [-0.05, 0) is 72.8 Å². The van der Waals surface area contributed by atoms with E-state index in [0.29, 0.717) is 21.8 Å². The monoisotopic (exact) mass is 641 g/mol. The molecule has 17 heteroatoms. The first kappa shape index (κ1) is 29.8. The standard InChI is InChI=1S/C26H19N5O9S3/c27-23-9-10-24(19-7-5-17(13-21(19)23)42(35,36)37)30-31-25-11-12-26(22-14-18(43(38,39)40)6-8-20(22)25)29-28-15-1-3-16(4-2-15)41(32,33)34/h1-14H,27H2,(H,32,33,34)(H,35,36,37)(H,38,39,40)/b29-28+,31-30+. The van der Waals surface area contributed by atoms with Crippen LogP contribution in [0.25, 0.3) is 21.5 Å². The largest absolute Gasteiger partial charge is 0.398 e. The van der Waals surface area contributed by atoms with E-state index in [2.05, 4.69) is 20.5 Å². The maximum absolute atomic E-state index is 11.8. The molecule has 5 aromatic rings. The lowest BCUT2D eigenvalue weighted by molar-refractivity contribution is 0.481. The van der Waals surface area contributed by atoms with Crippen molar-refractivity contribution < 1.29 is 38.9 Å². The van der Waals surface area contributed by atoms with Gasteiger partial charge in [-0.2, -0.15) is 30.4 Å². The van der Waals surface area contributed by atoms with Crippen molar-refractivity contribution in [3.63, 3.8) is 0 Å². The number of fused-ring (bicyclic) bond motifs is 2. The Morgan fingerprint density at radius 1 is 0.442 bits per heavy atom. The smallest absolute Gasteiger partial charge is 0.294 e. The Bertz CT molecular complexity index is 2320. The number of rotatable bonds is 7. The van der Waals surface area contributed by atoms with Crippen LogP contribution in [0.5, 0.6) is 0 Å². The average molecular weight is 642 g/mol. The quantitative estimate of drug-likeness (QED) is 0.0898. The van der Waals surface area contributed by atoms with Crippen molar-refractivity contribution in [3.8, 4) is 0 Å². The lowest BCUT2D eigenvalue weighted by Gasteiger charge is -2.08. The van der Waals surface area contributed by atoms with E-state index in [1.54, 1.807) is 6.07 Å². The van der Waals surface area contributed by atoms with E-state index in [4.69, 9.17) is 10.3 Å². The summed E-state index contributed by atoms with van der Waals surface area (Å²) in [7, 11) is -13.5. The van der Waals surface area contributed by atoms with Crippen LogP contribution in [-0.2, 0) is 30.4 Å². The fourth-order valence-corrected chi connectivity index (χ4v) is 5.61. The van der Waals surface area contributed by atoms with Crippen molar-refractivity contribution in [2.45, 2.75) is 14.7 Å². The summed E-state index contributed by atoms with van der Waals surface area (Å²) in [4.78, 5) is -1.10. The predicted octanol–water partition coefficient (Wildman–Crippen LogP) is 6.15. The van der Waals surface area contributed by atoms with Crippen molar-refractivity contribution in [2.75, 3.05) is 5.73 Å². The van der Waals surface area contributed by atoms with Crippen LogP contribution in [0.1, 0.15) is 0 Å². The highest BCUT2D eigenvalue weighted by Crippen LogP contribution is 2.38. The predicted molar refractivity (Wildman–Crippen MR) is 157 cm³/mol. The fourth-order valence-electron chi connectivity index (χ4n) is 4.12. The fraction of sp³-hybridized carbons (Fsp3) is 0. The van der Waals surface area contributed by atoms with Gasteiger partial charge in [0.05, 0.1) is 37.4 Å². The zero-order valence-corrected chi connectivity index (χ0v) is 23.9. The van der Waals surface area contributed by atoms with Crippen molar-refractivity contribution in [1.82, 2.24) is 0 Å². The van der Waals surface area contributed by atoms with E-state index < -0.39 is 35.2 Å². The molecule has 0 saturated carbocycles. The number of hydrogen-bond acceptors (Lipinski definition) is 11. The van der Waals surface area contributed by atoms with Gasteiger partial charge in [-0.1, -0.05) is 12.1 Å². The Kier molecular flexibility index (Phi) is 7.55. The number of hydrogen-bond donors (Lipinski definition) is 4. The van der Waals surface area contributed by atoms with Crippen LogP contribution in [0.4, 0.5) is 28.4 Å². The zero-order chi connectivity index (χ0) is 31.2. The zero-order valence-electron chi connectivity index (χ0n) is 21.5. The second kappa shape index (κ2) is 10.9. The van der Waals surface area contributed by atoms with E-state index >= 15 is 0 Å². The minimum Gasteiger partial charge on any atom is -0.398 e. The molecule has 0 amide bonds. The van der Waals surface area contributed by atoms with E-state index in [9.17, 15) is 34.4 Å².